The number of anilines is 1. The lowest BCUT2D eigenvalue weighted by atomic mass is 9.75. The highest BCUT2D eigenvalue weighted by molar-refractivity contribution is 6.10. The molecule has 0 radical (unpaired) electrons. The number of carbonyl (C=O) groups is 4. The van der Waals surface area contributed by atoms with Crippen LogP contribution in [-0.2, 0) is 9.59 Å². The maximum atomic E-state index is 12.8. The molecular weight excluding hydrogens is 346 g/mol. The molecule has 2 N–H and O–H groups in total. The maximum Gasteiger partial charge on any atom is 0.325 e. The van der Waals surface area contributed by atoms with Crippen LogP contribution in [0.3, 0.4) is 0 Å². The van der Waals surface area contributed by atoms with E-state index in [2.05, 4.69) is 17.6 Å². The zero-order chi connectivity index (χ0) is 19.6. The van der Waals surface area contributed by atoms with E-state index in [-0.39, 0.29) is 18.2 Å². The van der Waals surface area contributed by atoms with Crippen LogP contribution in [0.1, 0.15) is 56.3 Å². The zero-order valence-electron chi connectivity index (χ0n) is 15.7. The van der Waals surface area contributed by atoms with Crippen LogP contribution in [0.2, 0.25) is 0 Å². The number of benzene rings is 1. The fraction of sp³-hybridized carbons (Fsp3) is 0.500. The summed E-state index contributed by atoms with van der Waals surface area (Å²) >= 11 is 0. The zero-order valence-corrected chi connectivity index (χ0v) is 15.7. The highest BCUT2D eigenvalue weighted by atomic mass is 16.2. The minimum atomic E-state index is -0.841. The van der Waals surface area contributed by atoms with Crippen molar-refractivity contribution in [1.29, 1.82) is 0 Å². The molecule has 1 aliphatic heterocycles. The minimum Gasteiger partial charge on any atom is -0.325 e. The number of ketones is 1. The molecule has 1 aromatic rings. The molecule has 1 aliphatic carbocycles. The third-order valence-electron chi connectivity index (χ3n) is 5.66. The standard InChI is InChI=1S/C20H25N3O4/c1-3-14-8-10-20(11-9-14)18(26)23(19(27)22-20)12-17(25)21-16-6-4-15(5-7-16)13(2)24/h4-7,14H,3,8-12H2,1-2H3,(H,21,25)(H,22,27). The molecule has 7 nitrogen and oxygen atoms in total. The van der Waals surface area contributed by atoms with E-state index in [1.165, 1.54) is 6.92 Å². The van der Waals surface area contributed by atoms with E-state index >= 15 is 0 Å². The maximum absolute atomic E-state index is 12.8. The summed E-state index contributed by atoms with van der Waals surface area (Å²) in [6.07, 6.45) is 4.14. The molecule has 27 heavy (non-hydrogen) atoms. The van der Waals surface area contributed by atoms with Crippen LogP contribution in [0.25, 0.3) is 0 Å². The van der Waals surface area contributed by atoms with Crippen LogP contribution in [0.5, 0.6) is 0 Å². The summed E-state index contributed by atoms with van der Waals surface area (Å²) in [7, 11) is 0. The van der Waals surface area contributed by atoms with Gasteiger partial charge in [0.05, 0.1) is 0 Å². The van der Waals surface area contributed by atoms with Crippen molar-refractivity contribution >= 4 is 29.3 Å². The Balaban J connectivity index is 1.61. The number of nitrogens with zero attached hydrogens (tertiary/aromatic N) is 1. The summed E-state index contributed by atoms with van der Waals surface area (Å²) in [4.78, 5) is 49.7. The first-order valence-corrected chi connectivity index (χ1v) is 9.39. The number of rotatable bonds is 5. The van der Waals surface area contributed by atoms with Gasteiger partial charge in [0.15, 0.2) is 5.78 Å². The molecule has 2 fully saturated rings. The first-order chi connectivity index (χ1) is 12.8. The molecule has 1 saturated carbocycles. The second-order valence-electron chi connectivity index (χ2n) is 7.44. The van der Waals surface area contributed by atoms with Crippen molar-refractivity contribution in [2.45, 2.75) is 51.5 Å². The van der Waals surface area contributed by atoms with Crippen molar-refractivity contribution in [2.75, 3.05) is 11.9 Å². The molecule has 1 saturated heterocycles. The average molecular weight is 371 g/mol. The summed E-state index contributed by atoms with van der Waals surface area (Å²) in [6.45, 7) is 3.28. The van der Waals surface area contributed by atoms with Crippen LogP contribution in [0.4, 0.5) is 10.5 Å². The Morgan fingerprint density at radius 3 is 2.37 bits per heavy atom. The Morgan fingerprint density at radius 2 is 1.81 bits per heavy atom. The molecular formula is C20H25N3O4. The van der Waals surface area contributed by atoms with Crippen molar-refractivity contribution in [3.63, 3.8) is 0 Å². The summed E-state index contributed by atoms with van der Waals surface area (Å²) in [5, 5.41) is 5.48. The highest BCUT2D eigenvalue weighted by Crippen LogP contribution is 2.37. The monoisotopic (exact) mass is 371 g/mol. The number of imide groups is 1. The van der Waals surface area contributed by atoms with E-state index in [0.29, 0.717) is 30.0 Å². The molecule has 3 rings (SSSR count). The highest BCUT2D eigenvalue weighted by Gasteiger charge is 2.52. The van der Waals surface area contributed by atoms with Crippen LogP contribution in [0.15, 0.2) is 24.3 Å². The van der Waals surface area contributed by atoms with Gasteiger partial charge in [0, 0.05) is 11.3 Å². The van der Waals surface area contributed by atoms with Crippen LogP contribution >= 0.6 is 0 Å². The van der Waals surface area contributed by atoms with Crippen LogP contribution in [-0.4, -0.2) is 40.6 Å². The van der Waals surface area contributed by atoms with E-state index in [9.17, 15) is 19.2 Å². The van der Waals surface area contributed by atoms with E-state index in [1.54, 1.807) is 24.3 Å². The predicted octanol–water partition coefficient (Wildman–Crippen LogP) is 2.72. The first-order valence-electron chi connectivity index (χ1n) is 9.39. The summed E-state index contributed by atoms with van der Waals surface area (Å²) in [6, 6.07) is 5.97. The van der Waals surface area contributed by atoms with Crippen molar-refractivity contribution in [3.8, 4) is 0 Å². The second-order valence-corrected chi connectivity index (χ2v) is 7.44. The van der Waals surface area contributed by atoms with Gasteiger partial charge >= 0.3 is 6.03 Å². The Morgan fingerprint density at radius 1 is 1.19 bits per heavy atom. The molecule has 0 bridgehead atoms. The van der Waals surface area contributed by atoms with Crippen molar-refractivity contribution < 1.29 is 19.2 Å². The average Bonchev–Trinajstić information content (AvgIpc) is 2.87. The van der Waals surface area contributed by atoms with Gasteiger partial charge in [0.1, 0.15) is 12.1 Å². The Bertz CT molecular complexity index is 764. The molecule has 0 unspecified atom stereocenters. The molecule has 2 aliphatic rings. The van der Waals surface area contributed by atoms with Gasteiger partial charge in [0.25, 0.3) is 5.91 Å². The minimum absolute atomic E-state index is 0.0599. The lowest BCUT2D eigenvalue weighted by molar-refractivity contribution is -0.135. The van der Waals surface area contributed by atoms with Crippen LogP contribution < -0.4 is 10.6 Å². The van der Waals surface area contributed by atoms with E-state index < -0.39 is 17.5 Å². The number of amides is 4. The van der Waals surface area contributed by atoms with Crippen molar-refractivity contribution in [3.05, 3.63) is 29.8 Å². The second kappa shape index (κ2) is 7.50. The number of Topliss-reactive ketones (excluding diaryl/α,β-unsaturated/α-hetero) is 1. The van der Waals surface area contributed by atoms with Gasteiger partial charge in [-0.05, 0) is 62.8 Å². The molecule has 0 atom stereocenters. The van der Waals surface area contributed by atoms with Crippen LogP contribution in [0, 0.1) is 5.92 Å². The summed E-state index contributed by atoms with van der Waals surface area (Å²) < 4.78 is 0. The molecule has 0 aromatic heterocycles. The smallest absolute Gasteiger partial charge is 0.325 e. The fourth-order valence-electron chi connectivity index (χ4n) is 3.87. The van der Waals surface area contributed by atoms with Gasteiger partial charge in [-0.2, -0.15) is 0 Å². The number of hydrogen-bond donors (Lipinski definition) is 2. The van der Waals surface area contributed by atoms with Gasteiger partial charge < -0.3 is 10.6 Å². The molecule has 1 aromatic carbocycles. The first kappa shape index (κ1) is 19.1. The SMILES string of the molecule is CCC1CCC2(CC1)NC(=O)N(CC(=O)Nc1ccc(C(C)=O)cc1)C2=O. The third-order valence-corrected chi connectivity index (χ3v) is 5.66. The predicted molar refractivity (Wildman–Crippen MR) is 100 cm³/mol. The normalized spacial score (nSPS) is 24.8. The number of nitrogens with one attached hydrogen (secondary N) is 2. The van der Waals surface area contributed by atoms with Gasteiger partial charge in [-0.3, -0.25) is 19.3 Å². The number of urea groups is 1. The van der Waals surface area contributed by atoms with E-state index in [1.807, 2.05) is 0 Å². The molecule has 4 amide bonds. The molecule has 1 heterocycles. The summed E-state index contributed by atoms with van der Waals surface area (Å²) in [5.41, 5.74) is 0.216. The fourth-order valence-corrected chi connectivity index (χ4v) is 3.87. The van der Waals surface area contributed by atoms with E-state index in [0.717, 1.165) is 24.2 Å². The molecule has 144 valence electrons. The number of carbonyl (C=O) groups excluding carboxylic acids is 4. The van der Waals surface area contributed by atoms with Crippen molar-refractivity contribution in [1.82, 2.24) is 10.2 Å². The van der Waals surface area contributed by atoms with Gasteiger partial charge in [-0.1, -0.05) is 13.3 Å². The van der Waals surface area contributed by atoms with Crippen molar-refractivity contribution in [2.24, 2.45) is 5.92 Å². The Hall–Kier alpha value is -2.70. The molecule has 1 spiro atoms. The summed E-state index contributed by atoms with van der Waals surface area (Å²) in [5.74, 6) is -0.219. The van der Waals surface area contributed by atoms with Gasteiger partial charge in [0.2, 0.25) is 5.91 Å². The largest absolute Gasteiger partial charge is 0.325 e. The lowest BCUT2D eigenvalue weighted by Crippen LogP contribution is -2.49. The molecule has 7 heteroatoms. The van der Waals surface area contributed by atoms with Gasteiger partial charge in [-0.15, -0.1) is 0 Å². The Kier molecular flexibility index (Phi) is 5.30. The number of hydrogen-bond acceptors (Lipinski definition) is 4. The topological polar surface area (TPSA) is 95.6 Å². The van der Waals surface area contributed by atoms with E-state index in [4.69, 9.17) is 0 Å². The Labute approximate surface area is 158 Å². The lowest BCUT2D eigenvalue weighted by Gasteiger charge is -2.34. The third kappa shape index (κ3) is 3.86. The quantitative estimate of drug-likeness (QED) is 0.614. The van der Waals surface area contributed by atoms with Gasteiger partial charge in [-0.25, -0.2) is 4.79 Å².